The average Bonchev–Trinajstić information content (AvgIpc) is 2.39. The smallest absolute Gasteiger partial charge is 0.0946 e. The Morgan fingerprint density at radius 2 is 2.20 bits per heavy atom. The summed E-state index contributed by atoms with van der Waals surface area (Å²) < 4.78 is 1.78. The third kappa shape index (κ3) is 2.19. The Kier molecular flexibility index (Phi) is 4.58. The summed E-state index contributed by atoms with van der Waals surface area (Å²) >= 11 is 0. The first-order valence-corrected chi connectivity index (χ1v) is 3.40. The van der Waals surface area contributed by atoms with Gasteiger partial charge < -0.3 is 9.67 Å². The van der Waals surface area contributed by atoms with Crippen molar-refractivity contribution < 1.29 is 5.11 Å². The molecule has 0 bridgehead atoms. The maximum absolute atomic E-state index is 8.55. The first kappa shape index (κ1) is 9.17. The molecule has 0 aliphatic rings. The van der Waals surface area contributed by atoms with E-state index in [0.29, 0.717) is 0 Å². The van der Waals surface area contributed by atoms with Gasteiger partial charge in [0.25, 0.3) is 0 Å². The number of imidazole rings is 1. The summed E-state index contributed by atoms with van der Waals surface area (Å²) in [7, 11) is 1.85. The Labute approximate surface area is 61.3 Å². The number of rotatable bonds is 1. The number of nitrogens with zero attached hydrogens (tertiary/aromatic N) is 2. The lowest BCUT2D eigenvalue weighted by atomic mass is 10.5. The van der Waals surface area contributed by atoms with Gasteiger partial charge in [-0.15, -0.1) is 0 Å². The largest absolute Gasteiger partial charge is 0.390 e. The maximum atomic E-state index is 8.55. The molecule has 1 aromatic rings. The van der Waals surface area contributed by atoms with E-state index in [1.165, 1.54) is 0 Å². The summed E-state index contributed by atoms with van der Waals surface area (Å²) in [4.78, 5) is 3.80. The Hall–Kier alpha value is -0.830. The molecule has 3 nitrogen and oxygen atoms in total. The molecule has 3 heteroatoms. The molecule has 0 unspecified atom stereocenters. The quantitative estimate of drug-likeness (QED) is 0.633. The fourth-order valence-corrected chi connectivity index (χ4v) is 0.537. The van der Waals surface area contributed by atoms with Crippen molar-refractivity contribution in [1.29, 1.82) is 0 Å². The van der Waals surface area contributed by atoms with E-state index < -0.39 is 0 Å². The van der Waals surface area contributed by atoms with E-state index >= 15 is 0 Å². The molecule has 0 fully saturated rings. The molecule has 0 saturated carbocycles. The van der Waals surface area contributed by atoms with Gasteiger partial charge >= 0.3 is 0 Å². The lowest BCUT2D eigenvalue weighted by molar-refractivity contribution is 0.272. The Bertz CT molecular complexity index is 172. The van der Waals surface area contributed by atoms with Crippen molar-refractivity contribution >= 4 is 0 Å². The third-order valence-corrected chi connectivity index (χ3v) is 1.08. The first-order valence-electron chi connectivity index (χ1n) is 3.40. The van der Waals surface area contributed by atoms with Crippen LogP contribution in [0.4, 0.5) is 0 Å². The molecule has 58 valence electrons. The van der Waals surface area contributed by atoms with Crippen molar-refractivity contribution in [2.45, 2.75) is 20.5 Å². The monoisotopic (exact) mass is 142 g/mol. The second kappa shape index (κ2) is 4.99. The highest BCUT2D eigenvalue weighted by molar-refractivity contribution is 4.94. The van der Waals surface area contributed by atoms with Gasteiger partial charge in [-0.2, -0.15) is 0 Å². The van der Waals surface area contributed by atoms with Gasteiger partial charge in [-0.25, -0.2) is 4.98 Å². The molecule has 1 N–H and O–H groups in total. The standard InChI is InChI=1S/C5H8N2O.C2H6/c1-7-4-6-2-5(7)3-8;1-2/h2,4,8H,3H2,1H3;1-2H3. The van der Waals surface area contributed by atoms with Crippen LogP contribution in [-0.2, 0) is 13.7 Å². The van der Waals surface area contributed by atoms with Crippen LogP contribution in [0.3, 0.4) is 0 Å². The molecule has 0 aromatic carbocycles. The van der Waals surface area contributed by atoms with Crippen molar-refractivity contribution in [2.24, 2.45) is 7.05 Å². The van der Waals surface area contributed by atoms with Gasteiger partial charge in [-0.1, -0.05) is 13.8 Å². The molecule has 0 aliphatic heterocycles. The number of aliphatic hydroxyl groups excluding tert-OH is 1. The first-order chi connectivity index (χ1) is 4.84. The minimum atomic E-state index is 0.0660. The van der Waals surface area contributed by atoms with E-state index in [4.69, 9.17) is 5.11 Å². The zero-order valence-electron chi connectivity index (χ0n) is 6.70. The van der Waals surface area contributed by atoms with Crippen LogP contribution in [0.2, 0.25) is 0 Å². The van der Waals surface area contributed by atoms with Crippen molar-refractivity contribution in [2.75, 3.05) is 0 Å². The molecule has 0 amide bonds. The van der Waals surface area contributed by atoms with E-state index in [0.717, 1.165) is 5.69 Å². The highest BCUT2D eigenvalue weighted by Gasteiger charge is 1.91. The van der Waals surface area contributed by atoms with Gasteiger partial charge in [0.05, 0.1) is 24.8 Å². The number of aromatic nitrogens is 2. The van der Waals surface area contributed by atoms with Crippen LogP contribution >= 0.6 is 0 Å². The molecule has 0 aliphatic carbocycles. The zero-order valence-corrected chi connectivity index (χ0v) is 6.70. The van der Waals surface area contributed by atoms with Gasteiger partial charge in [0.2, 0.25) is 0 Å². The summed E-state index contributed by atoms with van der Waals surface area (Å²) in [6, 6.07) is 0. The summed E-state index contributed by atoms with van der Waals surface area (Å²) in [6.07, 6.45) is 3.30. The molecule has 0 radical (unpaired) electrons. The molecule has 0 spiro atoms. The summed E-state index contributed by atoms with van der Waals surface area (Å²) in [5.74, 6) is 0. The normalized spacial score (nSPS) is 8.40. The molecule has 0 saturated heterocycles. The SMILES string of the molecule is CC.Cn1cncc1CO. The van der Waals surface area contributed by atoms with E-state index in [9.17, 15) is 0 Å². The van der Waals surface area contributed by atoms with E-state index in [1.54, 1.807) is 17.1 Å². The topological polar surface area (TPSA) is 38.0 Å². The number of hydrogen-bond acceptors (Lipinski definition) is 2. The molecular formula is C7H14N2O. The molecular weight excluding hydrogens is 128 g/mol. The number of hydrogen-bond donors (Lipinski definition) is 1. The van der Waals surface area contributed by atoms with Crippen molar-refractivity contribution in [1.82, 2.24) is 9.55 Å². The number of aliphatic hydroxyl groups is 1. The van der Waals surface area contributed by atoms with Crippen LogP contribution in [0.25, 0.3) is 0 Å². The van der Waals surface area contributed by atoms with Crippen LogP contribution < -0.4 is 0 Å². The molecule has 1 heterocycles. The van der Waals surface area contributed by atoms with Crippen LogP contribution in [0.15, 0.2) is 12.5 Å². The van der Waals surface area contributed by atoms with E-state index in [1.807, 2.05) is 20.9 Å². The van der Waals surface area contributed by atoms with Gasteiger partial charge in [-0.05, 0) is 0 Å². The summed E-state index contributed by atoms with van der Waals surface area (Å²) in [6.45, 7) is 4.07. The number of aryl methyl sites for hydroxylation is 1. The van der Waals surface area contributed by atoms with Crippen molar-refractivity contribution in [3.63, 3.8) is 0 Å². The average molecular weight is 142 g/mol. The molecule has 1 rings (SSSR count). The fourth-order valence-electron chi connectivity index (χ4n) is 0.537. The van der Waals surface area contributed by atoms with E-state index in [-0.39, 0.29) is 6.61 Å². The Morgan fingerprint density at radius 1 is 1.60 bits per heavy atom. The van der Waals surface area contributed by atoms with Gasteiger partial charge in [0.15, 0.2) is 0 Å². The fraction of sp³-hybridized carbons (Fsp3) is 0.571. The van der Waals surface area contributed by atoms with Gasteiger partial charge in [0, 0.05) is 7.05 Å². The predicted octanol–water partition coefficient (Wildman–Crippen LogP) is 0.939. The highest BCUT2D eigenvalue weighted by atomic mass is 16.3. The lowest BCUT2D eigenvalue weighted by Crippen LogP contribution is -1.92. The predicted molar refractivity (Wildman–Crippen MR) is 40.5 cm³/mol. The minimum Gasteiger partial charge on any atom is -0.390 e. The maximum Gasteiger partial charge on any atom is 0.0946 e. The highest BCUT2D eigenvalue weighted by Crippen LogP contribution is 1.92. The third-order valence-electron chi connectivity index (χ3n) is 1.08. The van der Waals surface area contributed by atoms with Crippen LogP contribution in [0.5, 0.6) is 0 Å². The summed E-state index contributed by atoms with van der Waals surface area (Å²) in [5, 5.41) is 8.55. The molecule has 1 aromatic heterocycles. The molecule has 10 heavy (non-hydrogen) atoms. The Balaban J connectivity index is 0.000000371. The molecule has 0 atom stereocenters. The van der Waals surface area contributed by atoms with Crippen LogP contribution in [0, 0.1) is 0 Å². The van der Waals surface area contributed by atoms with E-state index in [2.05, 4.69) is 4.98 Å². The van der Waals surface area contributed by atoms with Crippen LogP contribution in [-0.4, -0.2) is 14.7 Å². The van der Waals surface area contributed by atoms with Crippen LogP contribution in [0.1, 0.15) is 19.5 Å². The summed E-state index contributed by atoms with van der Waals surface area (Å²) in [5.41, 5.74) is 0.838. The minimum absolute atomic E-state index is 0.0660. The zero-order chi connectivity index (χ0) is 7.98. The second-order valence-electron chi connectivity index (χ2n) is 1.65. The Morgan fingerprint density at radius 3 is 2.40 bits per heavy atom. The van der Waals surface area contributed by atoms with Gasteiger partial charge in [-0.3, -0.25) is 0 Å². The van der Waals surface area contributed by atoms with Crippen molar-refractivity contribution in [3.05, 3.63) is 18.2 Å². The lowest BCUT2D eigenvalue weighted by Gasteiger charge is -1.92. The second-order valence-corrected chi connectivity index (χ2v) is 1.65. The van der Waals surface area contributed by atoms with Crippen molar-refractivity contribution in [3.8, 4) is 0 Å². The van der Waals surface area contributed by atoms with Gasteiger partial charge in [0.1, 0.15) is 0 Å².